The largest absolute Gasteiger partial charge is 0.329 e. The SMILES string of the molecule is NCCNCl.[Pt]. The molecular weight excluding hydrogens is 283 g/mol. The number of hydrogen-bond acceptors (Lipinski definition) is 2. The van der Waals surface area contributed by atoms with E-state index in [2.05, 4.69) is 4.84 Å². The Morgan fingerprint density at radius 2 is 2.17 bits per heavy atom. The molecule has 0 aliphatic heterocycles. The molecule has 0 spiro atoms. The van der Waals surface area contributed by atoms with E-state index >= 15 is 0 Å². The van der Waals surface area contributed by atoms with Crippen LogP contribution < -0.4 is 10.6 Å². The Morgan fingerprint density at radius 1 is 1.67 bits per heavy atom. The second kappa shape index (κ2) is 9.31. The number of hydrogen-bond donors (Lipinski definition) is 2. The van der Waals surface area contributed by atoms with Gasteiger partial charge in [0.25, 0.3) is 0 Å². The summed E-state index contributed by atoms with van der Waals surface area (Å²) in [4.78, 5) is 2.36. The van der Waals surface area contributed by atoms with Crippen LogP contribution in [0.3, 0.4) is 0 Å². The van der Waals surface area contributed by atoms with Gasteiger partial charge in [0.2, 0.25) is 0 Å². The third-order valence-electron chi connectivity index (χ3n) is 0.239. The summed E-state index contributed by atoms with van der Waals surface area (Å²) in [6.45, 7) is 1.28. The van der Waals surface area contributed by atoms with E-state index < -0.39 is 0 Å². The summed E-state index contributed by atoms with van der Waals surface area (Å²) in [5.74, 6) is 0. The number of halogens is 1. The summed E-state index contributed by atoms with van der Waals surface area (Å²) in [5.41, 5.74) is 4.99. The molecule has 0 aliphatic carbocycles. The molecule has 4 heteroatoms. The van der Waals surface area contributed by atoms with Crippen LogP contribution in [-0.2, 0) is 21.1 Å². The molecule has 42 valence electrons. The van der Waals surface area contributed by atoms with Crippen molar-refractivity contribution in [3.05, 3.63) is 0 Å². The molecule has 0 saturated carbocycles. The summed E-state index contributed by atoms with van der Waals surface area (Å²) >= 11 is 4.97. The molecule has 0 unspecified atom stereocenters. The zero-order valence-corrected chi connectivity index (χ0v) is 6.21. The maximum absolute atomic E-state index is 4.99. The predicted molar refractivity (Wildman–Crippen MR) is 22.9 cm³/mol. The molecule has 0 saturated heterocycles. The van der Waals surface area contributed by atoms with Gasteiger partial charge in [-0.3, -0.25) is 0 Å². The Kier molecular flexibility index (Phi) is 15.5. The van der Waals surface area contributed by atoms with Crippen molar-refractivity contribution in [2.45, 2.75) is 0 Å². The zero-order chi connectivity index (χ0) is 4.12. The number of rotatable bonds is 2. The van der Waals surface area contributed by atoms with Crippen LogP contribution in [0.4, 0.5) is 0 Å². The minimum absolute atomic E-state index is 0. The van der Waals surface area contributed by atoms with Gasteiger partial charge in [0.15, 0.2) is 0 Å². The van der Waals surface area contributed by atoms with Crippen molar-refractivity contribution in [2.75, 3.05) is 13.1 Å². The summed E-state index contributed by atoms with van der Waals surface area (Å²) in [6, 6.07) is 0. The van der Waals surface area contributed by atoms with E-state index in [0.717, 1.165) is 0 Å². The molecule has 6 heavy (non-hydrogen) atoms. The Bertz CT molecular complexity index is 19.0. The minimum Gasteiger partial charge on any atom is -0.329 e. The minimum atomic E-state index is 0. The maximum Gasteiger partial charge on any atom is 0.0231 e. The Labute approximate surface area is 56.8 Å². The van der Waals surface area contributed by atoms with E-state index in [1.165, 1.54) is 0 Å². The molecular formula is C2H7ClN2Pt. The first kappa shape index (κ1) is 10.0. The topological polar surface area (TPSA) is 38.0 Å². The molecule has 0 fully saturated rings. The molecule has 0 rings (SSSR count). The smallest absolute Gasteiger partial charge is 0.0231 e. The van der Waals surface area contributed by atoms with Crippen molar-refractivity contribution in [3.8, 4) is 0 Å². The van der Waals surface area contributed by atoms with Gasteiger partial charge in [-0.15, -0.1) is 0 Å². The van der Waals surface area contributed by atoms with Gasteiger partial charge in [-0.25, -0.2) is 4.84 Å². The third kappa shape index (κ3) is 8.86. The normalized spacial score (nSPS) is 7.00. The van der Waals surface area contributed by atoms with Gasteiger partial charge in [0.1, 0.15) is 0 Å². The quantitative estimate of drug-likeness (QED) is 0.684. The average Bonchev–Trinajstić information content (AvgIpc) is 1.41. The molecule has 2 nitrogen and oxygen atoms in total. The first-order valence-corrected chi connectivity index (χ1v) is 1.83. The van der Waals surface area contributed by atoms with Gasteiger partial charge in [0.05, 0.1) is 0 Å². The monoisotopic (exact) mass is 289 g/mol. The van der Waals surface area contributed by atoms with E-state index in [4.69, 9.17) is 17.5 Å². The fraction of sp³-hybridized carbons (Fsp3) is 1.00. The van der Waals surface area contributed by atoms with Crippen LogP contribution in [0.25, 0.3) is 0 Å². The van der Waals surface area contributed by atoms with E-state index in [-0.39, 0.29) is 21.1 Å². The first-order chi connectivity index (χ1) is 2.41. The molecule has 0 aromatic carbocycles. The van der Waals surface area contributed by atoms with Crippen LogP contribution in [0.1, 0.15) is 0 Å². The van der Waals surface area contributed by atoms with E-state index in [1.54, 1.807) is 0 Å². The fourth-order valence-electron chi connectivity index (χ4n) is 0.0546. The van der Waals surface area contributed by atoms with Gasteiger partial charge in [0, 0.05) is 34.2 Å². The second-order valence-electron chi connectivity index (χ2n) is 0.672. The molecule has 0 aromatic rings. The maximum atomic E-state index is 4.99. The Balaban J connectivity index is 0. The van der Waals surface area contributed by atoms with Crippen molar-refractivity contribution in [1.29, 1.82) is 0 Å². The summed E-state index contributed by atoms with van der Waals surface area (Å²) < 4.78 is 0. The average molecular weight is 290 g/mol. The van der Waals surface area contributed by atoms with Crippen molar-refractivity contribution in [1.82, 2.24) is 4.84 Å². The predicted octanol–water partition coefficient (Wildman–Crippen LogP) is -0.314. The van der Waals surface area contributed by atoms with Crippen molar-refractivity contribution in [2.24, 2.45) is 5.73 Å². The fourth-order valence-corrected chi connectivity index (χ4v) is 0.164. The summed E-state index contributed by atoms with van der Waals surface area (Å²) in [7, 11) is 0. The molecule has 0 aliphatic rings. The van der Waals surface area contributed by atoms with Gasteiger partial charge in [-0.05, 0) is 11.8 Å². The Hall–Kier alpha value is 0.898. The van der Waals surface area contributed by atoms with E-state index in [9.17, 15) is 0 Å². The van der Waals surface area contributed by atoms with E-state index in [1.807, 2.05) is 0 Å². The van der Waals surface area contributed by atoms with Crippen LogP contribution in [0.2, 0.25) is 0 Å². The molecule has 0 atom stereocenters. The van der Waals surface area contributed by atoms with Gasteiger partial charge in [-0.2, -0.15) is 0 Å². The van der Waals surface area contributed by atoms with E-state index in [0.29, 0.717) is 13.1 Å². The van der Waals surface area contributed by atoms with Gasteiger partial charge < -0.3 is 5.73 Å². The van der Waals surface area contributed by atoms with Crippen LogP contribution in [0.5, 0.6) is 0 Å². The van der Waals surface area contributed by atoms with Crippen LogP contribution in [-0.4, -0.2) is 13.1 Å². The molecule has 0 radical (unpaired) electrons. The van der Waals surface area contributed by atoms with Gasteiger partial charge >= 0.3 is 0 Å². The van der Waals surface area contributed by atoms with Gasteiger partial charge in [-0.1, -0.05) is 0 Å². The third-order valence-corrected chi connectivity index (χ3v) is 0.428. The molecule has 3 N–H and O–H groups in total. The number of nitrogens with one attached hydrogen (secondary N) is 1. The standard InChI is InChI=1S/C2H7ClN2.Pt/c3-5-2-1-4;/h5H,1-2,4H2;. The van der Waals surface area contributed by atoms with Crippen LogP contribution in [0, 0.1) is 0 Å². The van der Waals surface area contributed by atoms with Crippen molar-refractivity contribution in [3.63, 3.8) is 0 Å². The first-order valence-electron chi connectivity index (χ1n) is 1.45. The van der Waals surface area contributed by atoms with Crippen LogP contribution >= 0.6 is 11.8 Å². The van der Waals surface area contributed by atoms with Crippen molar-refractivity contribution >= 4 is 11.8 Å². The van der Waals surface area contributed by atoms with Crippen LogP contribution in [0.15, 0.2) is 0 Å². The number of nitrogens with two attached hydrogens (primary N) is 1. The Morgan fingerprint density at radius 3 is 2.17 bits per heavy atom. The summed E-state index contributed by atoms with van der Waals surface area (Å²) in [5, 5.41) is 0. The molecule has 0 heterocycles. The summed E-state index contributed by atoms with van der Waals surface area (Å²) in [6.07, 6.45) is 0. The van der Waals surface area contributed by atoms with Crippen molar-refractivity contribution < 1.29 is 21.1 Å². The molecule has 0 amide bonds. The second-order valence-corrected chi connectivity index (χ2v) is 0.940. The molecule has 0 aromatic heterocycles. The molecule has 0 bridgehead atoms. The zero-order valence-electron chi connectivity index (χ0n) is 3.19.